The van der Waals surface area contributed by atoms with Crippen molar-refractivity contribution in [2.45, 2.75) is 65.1 Å². The maximum atomic E-state index is 14.4. The number of ether oxygens (including phenoxy) is 2. The van der Waals surface area contributed by atoms with E-state index in [1.807, 2.05) is 58.0 Å². The third-order valence-corrected chi connectivity index (χ3v) is 7.24. The third-order valence-electron chi connectivity index (χ3n) is 7.24. The van der Waals surface area contributed by atoms with Gasteiger partial charge >= 0.3 is 6.09 Å². The number of anilines is 1. The van der Waals surface area contributed by atoms with Crippen molar-refractivity contribution in [2.75, 3.05) is 24.5 Å². The Balaban J connectivity index is 1.65. The highest BCUT2D eigenvalue weighted by Gasteiger charge is 2.39. The number of hydrogen-bond donors (Lipinski definition) is 0. The fourth-order valence-electron chi connectivity index (χ4n) is 5.09. The summed E-state index contributed by atoms with van der Waals surface area (Å²) in [5.41, 5.74) is 0.355. The van der Waals surface area contributed by atoms with E-state index in [1.54, 1.807) is 41.0 Å². The first-order chi connectivity index (χ1) is 20.5. The summed E-state index contributed by atoms with van der Waals surface area (Å²) in [7, 11) is 0. The minimum atomic E-state index is -1.04. The molecule has 0 N–H and O–H groups in total. The van der Waals surface area contributed by atoms with Crippen LogP contribution < -0.4 is 9.64 Å². The summed E-state index contributed by atoms with van der Waals surface area (Å²) in [5.74, 6) is 0.238. The molecule has 8 nitrogen and oxygen atoms in total. The molecular weight excluding hydrogens is 549 g/mol. The van der Waals surface area contributed by atoms with E-state index in [1.165, 1.54) is 29.2 Å². The van der Waals surface area contributed by atoms with Crippen molar-refractivity contribution < 1.29 is 28.2 Å². The molecule has 4 rings (SSSR count). The molecule has 228 valence electrons. The number of halogens is 1. The second-order valence-electron chi connectivity index (χ2n) is 11.5. The molecule has 3 aromatic rings. The molecule has 0 saturated carbocycles. The Morgan fingerprint density at radius 2 is 1.53 bits per heavy atom. The Labute approximate surface area is 253 Å². The molecule has 1 heterocycles. The Bertz CT molecular complexity index is 1390. The molecule has 0 aliphatic carbocycles. The van der Waals surface area contributed by atoms with Crippen molar-refractivity contribution in [3.63, 3.8) is 0 Å². The van der Waals surface area contributed by atoms with Crippen LogP contribution in [0, 0.1) is 5.82 Å². The summed E-state index contributed by atoms with van der Waals surface area (Å²) in [6.45, 7) is 9.99. The van der Waals surface area contributed by atoms with Gasteiger partial charge < -0.3 is 19.3 Å². The topological polar surface area (TPSA) is 79.4 Å². The predicted molar refractivity (Wildman–Crippen MR) is 163 cm³/mol. The van der Waals surface area contributed by atoms with Crippen molar-refractivity contribution in [2.24, 2.45) is 0 Å². The molecule has 0 aromatic heterocycles. The second-order valence-corrected chi connectivity index (χ2v) is 11.5. The highest BCUT2D eigenvalue weighted by Crippen LogP contribution is 2.33. The van der Waals surface area contributed by atoms with Crippen LogP contribution in [0.15, 0.2) is 78.9 Å². The number of piperazine rings is 1. The van der Waals surface area contributed by atoms with Gasteiger partial charge in [0.25, 0.3) is 5.91 Å². The van der Waals surface area contributed by atoms with E-state index in [0.717, 1.165) is 0 Å². The zero-order chi connectivity index (χ0) is 31.1. The van der Waals surface area contributed by atoms with Gasteiger partial charge in [0.2, 0.25) is 5.91 Å². The zero-order valence-electron chi connectivity index (χ0n) is 25.5. The molecule has 2 atom stereocenters. The lowest BCUT2D eigenvalue weighted by molar-refractivity contribution is -0.137. The second kappa shape index (κ2) is 13.7. The van der Waals surface area contributed by atoms with Gasteiger partial charge in [0.05, 0.1) is 6.04 Å². The maximum absolute atomic E-state index is 14.4. The smallest absolute Gasteiger partial charge is 0.410 e. The van der Waals surface area contributed by atoms with Crippen molar-refractivity contribution >= 4 is 23.6 Å². The van der Waals surface area contributed by atoms with Gasteiger partial charge in [0.15, 0.2) is 0 Å². The Morgan fingerprint density at radius 1 is 0.907 bits per heavy atom. The lowest BCUT2D eigenvalue weighted by atomic mass is 10.00. The fraction of sp³-hybridized carbons (Fsp3) is 0.382. The Morgan fingerprint density at radius 3 is 2.12 bits per heavy atom. The van der Waals surface area contributed by atoms with Gasteiger partial charge in [-0.05, 0) is 81.3 Å². The van der Waals surface area contributed by atoms with E-state index in [2.05, 4.69) is 0 Å². The monoisotopic (exact) mass is 589 g/mol. The average Bonchev–Trinajstić information content (AvgIpc) is 2.99. The fourth-order valence-corrected chi connectivity index (χ4v) is 5.09. The van der Waals surface area contributed by atoms with Crippen molar-refractivity contribution in [3.05, 3.63) is 90.2 Å². The van der Waals surface area contributed by atoms with E-state index in [4.69, 9.17) is 9.47 Å². The molecule has 1 fully saturated rings. The van der Waals surface area contributed by atoms with E-state index >= 15 is 0 Å². The summed E-state index contributed by atoms with van der Waals surface area (Å²) in [6.07, 6.45) is 0.351. The van der Waals surface area contributed by atoms with Crippen LogP contribution in [-0.4, -0.2) is 59.0 Å². The van der Waals surface area contributed by atoms with E-state index in [9.17, 15) is 18.8 Å². The third kappa shape index (κ3) is 7.91. The van der Waals surface area contributed by atoms with Crippen molar-refractivity contribution in [1.29, 1.82) is 0 Å². The highest BCUT2D eigenvalue weighted by atomic mass is 19.1. The van der Waals surface area contributed by atoms with E-state index in [0.29, 0.717) is 35.7 Å². The summed E-state index contributed by atoms with van der Waals surface area (Å²) in [6, 6.07) is 20.7. The SMILES string of the molecule is CCC(=O)N(c1ccc(Oc2ccccc2)cc1)[C@@H](C(=O)N1CCN(C(=O)OC(C)(C)C)[C@@H](CC)C1)c1ccc(F)cc1. The van der Waals surface area contributed by atoms with Crippen LogP contribution in [0.2, 0.25) is 0 Å². The summed E-state index contributed by atoms with van der Waals surface area (Å²) < 4.78 is 25.5. The molecule has 3 amide bonds. The Kier molecular flexibility index (Phi) is 10.1. The largest absolute Gasteiger partial charge is 0.457 e. The van der Waals surface area contributed by atoms with Gasteiger partial charge in [-0.25, -0.2) is 9.18 Å². The van der Waals surface area contributed by atoms with Gasteiger partial charge in [-0.2, -0.15) is 0 Å². The summed E-state index contributed by atoms with van der Waals surface area (Å²) in [4.78, 5) is 45.6. The number of carbonyl (C=O) groups is 3. The zero-order valence-corrected chi connectivity index (χ0v) is 25.5. The lowest BCUT2D eigenvalue weighted by Crippen LogP contribution is -2.59. The van der Waals surface area contributed by atoms with Crippen LogP contribution in [0.4, 0.5) is 14.9 Å². The minimum Gasteiger partial charge on any atom is -0.457 e. The summed E-state index contributed by atoms with van der Waals surface area (Å²) in [5, 5.41) is 0. The van der Waals surface area contributed by atoms with Gasteiger partial charge in [0, 0.05) is 31.7 Å². The molecule has 1 aliphatic heterocycles. The van der Waals surface area contributed by atoms with Gasteiger partial charge in [-0.3, -0.25) is 14.5 Å². The number of rotatable bonds is 8. The molecule has 0 bridgehead atoms. The van der Waals surface area contributed by atoms with Crippen molar-refractivity contribution in [1.82, 2.24) is 9.80 Å². The van der Waals surface area contributed by atoms with Crippen molar-refractivity contribution in [3.8, 4) is 11.5 Å². The Hall–Kier alpha value is -4.40. The van der Waals surface area contributed by atoms with Crippen LogP contribution in [0.1, 0.15) is 59.1 Å². The van der Waals surface area contributed by atoms with Crippen LogP contribution in [0.25, 0.3) is 0 Å². The van der Waals surface area contributed by atoms with Crippen LogP contribution in [0.5, 0.6) is 11.5 Å². The first-order valence-corrected chi connectivity index (χ1v) is 14.7. The van der Waals surface area contributed by atoms with Crippen LogP contribution in [-0.2, 0) is 14.3 Å². The average molecular weight is 590 g/mol. The molecule has 3 aromatic carbocycles. The maximum Gasteiger partial charge on any atom is 0.410 e. The normalized spacial score (nSPS) is 15.9. The quantitative estimate of drug-likeness (QED) is 0.284. The van der Waals surface area contributed by atoms with Crippen LogP contribution >= 0.6 is 0 Å². The summed E-state index contributed by atoms with van der Waals surface area (Å²) >= 11 is 0. The minimum absolute atomic E-state index is 0.150. The van der Waals surface area contributed by atoms with E-state index < -0.39 is 23.6 Å². The molecular formula is C34H40FN3O5. The number of nitrogens with zero attached hydrogens (tertiary/aromatic N) is 3. The van der Waals surface area contributed by atoms with Gasteiger partial charge in [-0.15, -0.1) is 0 Å². The first kappa shape index (κ1) is 31.5. The first-order valence-electron chi connectivity index (χ1n) is 14.7. The number of hydrogen-bond acceptors (Lipinski definition) is 5. The number of carbonyl (C=O) groups excluding carboxylic acids is 3. The predicted octanol–water partition coefficient (Wildman–Crippen LogP) is 6.96. The molecule has 43 heavy (non-hydrogen) atoms. The van der Waals surface area contributed by atoms with E-state index in [-0.39, 0.29) is 37.4 Å². The molecule has 0 unspecified atom stereocenters. The molecule has 9 heteroatoms. The standard InChI is InChI=1S/C34H40FN3O5/c1-6-26-23-36(21-22-37(26)33(41)43-34(3,4)5)32(40)31(24-13-15-25(35)16-14-24)38(30(39)7-2)27-17-19-29(20-18-27)42-28-11-9-8-10-12-28/h8-20,26,31H,6-7,21-23H2,1-5H3/t26-,31+/m0/s1. The lowest BCUT2D eigenvalue weighted by Gasteiger charge is -2.43. The molecule has 1 aliphatic rings. The van der Waals surface area contributed by atoms with Gasteiger partial charge in [0.1, 0.15) is 29.0 Å². The van der Waals surface area contributed by atoms with Crippen LogP contribution in [0.3, 0.4) is 0 Å². The molecule has 0 spiro atoms. The number of amides is 3. The number of para-hydroxylation sites is 1. The van der Waals surface area contributed by atoms with Gasteiger partial charge in [-0.1, -0.05) is 44.2 Å². The molecule has 0 radical (unpaired) electrons. The number of benzene rings is 3. The molecule has 1 saturated heterocycles. The highest BCUT2D eigenvalue weighted by molar-refractivity contribution is 6.01.